The van der Waals surface area contributed by atoms with E-state index >= 15 is 0 Å². The van der Waals surface area contributed by atoms with Gasteiger partial charge in [0.25, 0.3) is 0 Å². The zero-order valence-corrected chi connectivity index (χ0v) is 13.6. The van der Waals surface area contributed by atoms with Crippen molar-refractivity contribution in [3.05, 3.63) is 34.3 Å². The van der Waals surface area contributed by atoms with Crippen molar-refractivity contribution >= 4 is 15.9 Å². The topological polar surface area (TPSA) is 12.0 Å². The Morgan fingerprint density at radius 2 is 1.89 bits per heavy atom. The molecule has 1 N–H and O–H groups in total. The van der Waals surface area contributed by atoms with Crippen molar-refractivity contribution in [1.29, 1.82) is 0 Å². The van der Waals surface area contributed by atoms with Gasteiger partial charge in [0.15, 0.2) is 0 Å². The molecule has 2 heteroatoms. The lowest BCUT2D eigenvalue weighted by atomic mass is 9.93. The summed E-state index contributed by atoms with van der Waals surface area (Å²) in [6.45, 7) is 3.43. The van der Waals surface area contributed by atoms with Crippen LogP contribution in [0.15, 0.2) is 28.7 Å². The highest BCUT2D eigenvalue weighted by Crippen LogP contribution is 2.26. The lowest BCUT2D eigenvalue weighted by molar-refractivity contribution is 0.512. The maximum absolute atomic E-state index is 3.70. The molecule has 0 aromatic heterocycles. The fourth-order valence-electron chi connectivity index (χ4n) is 2.54. The van der Waals surface area contributed by atoms with E-state index in [0.717, 1.165) is 12.6 Å². The number of benzene rings is 1. The van der Waals surface area contributed by atoms with Crippen LogP contribution in [-0.4, -0.2) is 12.6 Å². The van der Waals surface area contributed by atoms with E-state index in [1.165, 1.54) is 55.0 Å². The molecule has 1 atom stereocenters. The van der Waals surface area contributed by atoms with Crippen molar-refractivity contribution in [3.8, 4) is 0 Å². The fourth-order valence-corrected chi connectivity index (χ4v) is 2.80. The second kappa shape index (κ2) is 8.06. The lowest BCUT2D eigenvalue weighted by Crippen LogP contribution is -2.23. The first-order valence-electron chi connectivity index (χ1n) is 7.78. The van der Waals surface area contributed by atoms with Gasteiger partial charge in [-0.3, -0.25) is 0 Å². The molecule has 1 aliphatic carbocycles. The Balaban J connectivity index is 1.85. The van der Waals surface area contributed by atoms with Crippen LogP contribution in [0.1, 0.15) is 63.4 Å². The van der Waals surface area contributed by atoms with Crippen molar-refractivity contribution in [1.82, 2.24) is 5.32 Å². The minimum absolute atomic E-state index is 0.686. The van der Waals surface area contributed by atoms with Gasteiger partial charge in [0.05, 0.1) is 0 Å². The van der Waals surface area contributed by atoms with Gasteiger partial charge >= 0.3 is 0 Å². The van der Waals surface area contributed by atoms with Gasteiger partial charge in [0.2, 0.25) is 0 Å². The van der Waals surface area contributed by atoms with Crippen LogP contribution in [0.3, 0.4) is 0 Å². The summed E-state index contributed by atoms with van der Waals surface area (Å²) in [5.74, 6) is 0.686. The Kier molecular flexibility index (Phi) is 6.39. The fraction of sp³-hybridized carbons (Fsp3) is 0.647. The van der Waals surface area contributed by atoms with Crippen molar-refractivity contribution in [3.63, 3.8) is 0 Å². The first-order chi connectivity index (χ1) is 9.29. The van der Waals surface area contributed by atoms with Gasteiger partial charge < -0.3 is 5.32 Å². The van der Waals surface area contributed by atoms with Crippen LogP contribution in [0.4, 0.5) is 0 Å². The van der Waals surface area contributed by atoms with E-state index in [0.29, 0.717) is 5.92 Å². The SMILES string of the molecule is CCCCCCC(CNC1CC1)c1ccc(Br)cc1. The van der Waals surface area contributed by atoms with E-state index in [2.05, 4.69) is 52.4 Å². The maximum atomic E-state index is 3.70. The Bertz CT molecular complexity index is 356. The molecule has 1 nitrogen and oxygen atoms in total. The predicted octanol–water partition coefficient (Wildman–Crippen LogP) is 5.26. The number of hydrogen-bond acceptors (Lipinski definition) is 1. The van der Waals surface area contributed by atoms with Gasteiger partial charge in [-0.2, -0.15) is 0 Å². The predicted molar refractivity (Wildman–Crippen MR) is 86.7 cm³/mol. The van der Waals surface area contributed by atoms with Gasteiger partial charge in [-0.15, -0.1) is 0 Å². The Labute approximate surface area is 126 Å². The zero-order chi connectivity index (χ0) is 13.5. The van der Waals surface area contributed by atoms with Crippen molar-refractivity contribution in [2.45, 2.75) is 63.8 Å². The number of unbranched alkanes of at least 4 members (excludes halogenated alkanes) is 3. The van der Waals surface area contributed by atoms with E-state index in [4.69, 9.17) is 0 Å². The maximum Gasteiger partial charge on any atom is 0.0175 e. The summed E-state index contributed by atoms with van der Waals surface area (Å²) >= 11 is 3.52. The summed E-state index contributed by atoms with van der Waals surface area (Å²) < 4.78 is 1.18. The molecule has 0 heterocycles. The number of nitrogens with one attached hydrogen (secondary N) is 1. The molecular weight excluding hydrogens is 298 g/mol. The average molecular weight is 324 g/mol. The molecule has 2 rings (SSSR count). The van der Waals surface area contributed by atoms with Gasteiger partial charge in [-0.25, -0.2) is 0 Å². The van der Waals surface area contributed by atoms with Crippen LogP contribution < -0.4 is 5.32 Å². The molecule has 0 amide bonds. The van der Waals surface area contributed by atoms with E-state index in [1.807, 2.05) is 0 Å². The van der Waals surface area contributed by atoms with Gasteiger partial charge in [0.1, 0.15) is 0 Å². The molecule has 19 heavy (non-hydrogen) atoms. The first kappa shape index (κ1) is 15.1. The summed E-state index contributed by atoms with van der Waals surface area (Å²) in [6, 6.07) is 9.72. The minimum Gasteiger partial charge on any atom is -0.313 e. The standard InChI is InChI=1S/C17H26BrN/c1-2-3-4-5-6-15(13-19-17-11-12-17)14-7-9-16(18)10-8-14/h7-10,15,17,19H,2-6,11-13H2,1H3. The van der Waals surface area contributed by atoms with Gasteiger partial charge in [-0.1, -0.05) is 60.7 Å². The number of hydrogen-bond donors (Lipinski definition) is 1. The minimum atomic E-state index is 0.686. The molecule has 1 aromatic rings. The highest BCUT2D eigenvalue weighted by Gasteiger charge is 2.22. The summed E-state index contributed by atoms with van der Waals surface area (Å²) in [5.41, 5.74) is 1.49. The van der Waals surface area contributed by atoms with E-state index in [9.17, 15) is 0 Å². The molecule has 0 radical (unpaired) electrons. The lowest BCUT2D eigenvalue weighted by Gasteiger charge is -2.18. The summed E-state index contributed by atoms with van der Waals surface area (Å²) in [4.78, 5) is 0. The van der Waals surface area contributed by atoms with Crippen molar-refractivity contribution in [2.75, 3.05) is 6.54 Å². The van der Waals surface area contributed by atoms with Gasteiger partial charge in [0, 0.05) is 17.1 Å². The van der Waals surface area contributed by atoms with Crippen LogP contribution in [0, 0.1) is 0 Å². The molecule has 1 fully saturated rings. The third kappa shape index (κ3) is 5.66. The van der Waals surface area contributed by atoms with Crippen LogP contribution in [-0.2, 0) is 0 Å². The molecule has 0 aliphatic heterocycles. The second-order valence-corrected chi connectivity index (χ2v) is 6.70. The van der Waals surface area contributed by atoms with Crippen molar-refractivity contribution < 1.29 is 0 Å². The van der Waals surface area contributed by atoms with Crippen LogP contribution in [0.2, 0.25) is 0 Å². The van der Waals surface area contributed by atoms with E-state index in [1.54, 1.807) is 0 Å². The highest BCUT2D eigenvalue weighted by molar-refractivity contribution is 9.10. The Morgan fingerprint density at radius 3 is 2.53 bits per heavy atom. The molecule has 0 bridgehead atoms. The van der Waals surface area contributed by atoms with E-state index in [-0.39, 0.29) is 0 Å². The van der Waals surface area contributed by atoms with Gasteiger partial charge in [-0.05, 0) is 42.9 Å². The normalized spacial score (nSPS) is 16.5. The molecule has 1 unspecified atom stereocenters. The first-order valence-corrected chi connectivity index (χ1v) is 8.57. The molecule has 1 aliphatic rings. The largest absolute Gasteiger partial charge is 0.313 e. The second-order valence-electron chi connectivity index (χ2n) is 5.78. The molecular formula is C17H26BrN. The summed E-state index contributed by atoms with van der Waals surface area (Å²) in [6.07, 6.45) is 9.52. The molecule has 106 valence electrons. The Morgan fingerprint density at radius 1 is 1.16 bits per heavy atom. The average Bonchev–Trinajstić information content (AvgIpc) is 3.23. The highest BCUT2D eigenvalue weighted by atomic mass is 79.9. The Hall–Kier alpha value is -0.340. The summed E-state index contributed by atoms with van der Waals surface area (Å²) in [5, 5.41) is 3.70. The smallest absolute Gasteiger partial charge is 0.0175 e. The molecule has 0 spiro atoms. The van der Waals surface area contributed by atoms with E-state index < -0.39 is 0 Å². The molecule has 1 aromatic carbocycles. The quantitative estimate of drug-likeness (QED) is 0.611. The third-order valence-corrected chi connectivity index (χ3v) is 4.51. The monoisotopic (exact) mass is 323 g/mol. The van der Waals surface area contributed by atoms with Crippen LogP contribution >= 0.6 is 15.9 Å². The number of rotatable bonds is 9. The van der Waals surface area contributed by atoms with Crippen LogP contribution in [0.5, 0.6) is 0 Å². The number of halogens is 1. The third-order valence-electron chi connectivity index (χ3n) is 3.98. The van der Waals surface area contributed by atoms with Crippen molar-refractivity contribution in [2.24, 2.45) is 0 Å². The summed E-state index contributed by atoms with van der Waals surface area (Å²) in [7, 11) is 0. The van der Waals surface area contributed by atoms with Crippen LogP contribution in [0.25, 0.3) is 0 Å². The molecule has 1 saturated carbocycles. The zero-order valence-electron chi connectivity index (χ0n) is 12.0. The molecule has 0 saturated heterocycles.